The normalized spacial score (nSPS) is 28.9. The molecule has 8 rings (SSSR count). The van der Waals surface area contributed by atoms with E-state index in [0.29, 0.717) is 30.1 Å². The SMILES string of the molecule is COc1ccc(-c2cc(C(F)F)n3ncc(C(=O)N4CC[NH+](C5C6CC7CC(C6)CC5C7)CC4)c3n2)cc1. The summed E-state index contributed by atoms with van der Waals surface area (Å²) in [4.78, 5) is 21.8. The number of halogens is 2. The van der Waals surface area contributed by atoms with Gasteiger partial charge in [0.25, 0.3) is 12.3 Å². The predicted octanol–water partition coefficient (Wildman–Crippen LogP) is 3.51. The van der Waals surface area contributed by atoms with Crippen LogP contribution < -0.4 is 9.64 Å². The molecule has 9 heteroatoms. The Balaban J connectivity index is 1.12. The van der Waals surface area contributed by atoms with Crippen molar-refractivity contribution in [1.82, 2.24) is 19.5 Å². The van der Waals surface area contributed by atoms with Crippen LogP contribution in [-0.2, 0) is 0 Å². The van der Waals surface area contributed by atoms with Crippen molar-refractivity contribution in [3.8, 4) is 17.0 Å². The lowest BCUT2D eigenvalue weighted by atomic mass is 9.54. The molecule has 0 atom stereocenters. The van der Waals surface area contributed by atoms with Crippen LogP contribution in [0.4, 0.5) is 8.78 Å². The zero-order valence-electron chi connectivity index (χ0n) is 21.7. The van der Waals surface area contributed by atoms with Crippen LogP contribution in [0.5, 0.6) is 5.75 Å². The number of hydrogen-bond donors (Lipinski definition) is 1. The van der Waals surface area contributed by atoms with Crippen LogP contribution in [0.15, 0.2) is 36.5 Å². The second-order valence-corrected chi connectivity index (χ2v) is 11.8. The molecule has 1 N–H and O–H groups in total. The smallest absolute Gasteiger partial charge is 0.280 e. The molecule has 4 bridgehead atoms. The number of carbonyl (C=O) groups is 1. The average molecular weight is 523 g/mol. The van der Waals surface area contributed by atoms with Crippen molar-refractivity contribution in [3.05, 3.63) is 47.8 Å². The first-order valence-corrected chi connectivity index (χ1v) is 13.9. The van der Waals surface area contributed by atoms with Gasteiger partial charge in [-0.2, -0.15) is 5.10 Å². The van der Waals surface area contributed by atoms with E-state index in [-0.39, 0.29) is 22.8 Å². The molecule has 3 aromatic rings. The van der Waals surface area contributed by atoms with E-state index in [2.05, 4.69) is 10.1 Å². The molecular formula is C29H34F2N5O2+. The summed E-state index contributed by atoms with van der Waals surface area (Å²) < 4.78 is 34.3. The molecule has 5 fully saturated rings. The number of ether oxygens (including phenoxy) is 1. The fourth-order valence-corrected chi connectivity index (χ4v) is 8.29. The number of carbonyl (C=O) groups excluding carboxylic acids is 1. The summed E-state index contributed by atoms with van der Waals surface area (Å²) in [5, 5.41) is 4.16. The van der Waals surface area contributed by atoms with E-state index in [1.165, 1.54) is 44.4 Å². The monoisotopic (exact) mass is 522 g/mol. The van der Waals surface area contributed by atoms with Crippen molar-refractivity contribution < 1.29 is 23.2 Å². The molecule has 0 spiro atoms. The lowest BCUT2D eigenvalue weighted by Gasteiger charge is -2.56. The quantitative estimate of drug-likeness (QED) is 0.557. The largest absolute Gasteiger partial charge is 0.497 e. The second-order valence-electron chi connectivity index (χ2n) is 11.8. The third-order valence-electron chi connectivity index (χ3n) is 9.73. The van der Waals surface area contributed by atoms with Gasteiger partial charge in [-0.3, -0.25) is 4.79 Å². The number of nitrogens with one attached hydrogen (secondary N) is 1. The lowest BCUT2D eigenvalue weighted by molar-refractivity contribution is -0.939. The van der Waals surface area contributed by atoms with Gasteiger partial charge in [0, 0.05) is 17.4 Å². The van der Waals surface area contributed by atoms with E-state index in [9.17, 15) is 13.6 Å². The van der Waals surface area contributed by atoms with Gasteiger partial charge in [-0.1, -0.05) is 0 Å². The molecule has 4 saturated carbocycles. The van der Waals surface area contributed by atoms with Crippen molar-refractivity contribution in [2.45, 2.75) is 44.6 Å². The fraction of sp³-hybridized carbons (Fsp3) is 0.552. The highest BCUT2D eigenvalue weighted by Crippen LogP contribution is 2.53. The van der Waals surface area contributed by atoms with Gasteiger partial charge in [-0.15, -0.1) is 0 Å². The summed E-state index contributed by atoms with van der Waals surface area (Å²) in [5.74, 6) is 4.12. The fourth-order valence-electron chi connectivity index (χ4n) is 8.29. The summed E-state index contributed by atoms with van der Waals surface area (Å²) in [6.07, 6.45) is 5.71. The average Bonchev–Trinajstić information content (AvgIpc) is 3.36. The molecule has 7 nitrogen and oxygen atoms in total. The molecular weight excluding hydrogens is 488 g/mol. The highest BCUT2D eigenvalue weighted by molar-refractivity contribution is 6.00. The first kappa shape index (κ1) is 24.0. The molecule has 200 valence electrons. The summed E-state index contributed by atoms with van der Waals surface area (Å²) >= 11 is 0. The Morgan fingerprint density at radius 2 is 1.68 bits per heavy atom. The number of amides is 1. The van der Waals surface area contributed by atoms with Crippen LogP contribution in [0.25, 0.3) is 16.9 Å². The second kappa shape index (κ2) is 9.29. The number of methoxy groups -OCH3 is 1. The zero-order chi connectivity index (χ0) is 26.0. The molecule has 0 unspecified atom stereocenters. The first-order valence-electron chi connectivity index (χ1n) is 13.9. The zero-order valence-corrected chi connectivity index (χ0v) is 21.7. The molecule has 4 aliphatic carbocycles. The molecule has 1 saturated heterocycles. The van der Waals surface area contributed by atoms with Gasteiger partial charge in [0.05, 0.1) is 51.2 Å². The summed E-state index contributed by atoms with van der Waals surface area (Å²) in [7, 11) is 1.57. The van der Waals surface area contributed by atoms with Crippen LogP contribution in [0.1, 0.15) is 54.6 Å². The van der Waals surface area contributed by atoms with E-state index in [1.807, 2.05) is 4.90 Å². The van der Waals surface area contributed by atoms with Crippen LogP contribution in [-0.4, -0.2) is 64.7 Å². The highest BCUT2D eigenvalue weighted by atomic mass is 19.3. The lowest BCUT2D eigenvalue weighted by Crippen LogP contribution is -3.20. The van der Waals surface area contributed by atoms with E-state index >= 15 is 0 Å². The number of nitrogens with zero attached hydrogens (tertiary/aromatic N) is 4. The maximum atomic E-state index is 14.0. The Labute approximate surface area is 220 Å². The number of fused-ring (bicyclic) bond motifs is 1. The van der Waals surface area contributed by atoms with Crippen LogP contribution >= 0.6 is 0 Å². The maximum Gasteiger partial charge on any atom is 0.280 e. The predicted molar refractivity (Wildman–Crippen MR) is 137 cm³/mol. The molecule has 5 aliphatic rings. The van der Waals surface area contributed by atoms with Crippen molar-refractivity contribution in [2.24, 2.45) is 23.7 Å². The number of benzene rings is 1. The Bertz CT molecular complexity index is 1320. The topological polar surface area (TPSA) is 64.2 Å². The summed E-state index contributed by atoms with van der Waals surface area (Å²) in [6.45, 7) is 3.25. The standard InChI is InChI=1S/C29H33F2N5O2/c1-38-22-4-2-19(3-5-22)24-15-25(27(30)31)36-28(33-24)23(16-32-36)29(37)35-8-6-34(7-9-35)26-20-11-17-10-18(13-20)14-21(26)12-17/h2-5,15-18,20-21,26-27H,6-14H2,1H3/p+1. The van der Waals surface area contributed by atoms with Gasteiger partial charge < -0.3 is 14.5 Å². The first-order chi connectivity index (χ1) is 18.5. The maximum absolute atomic E-state index is 14.0. The number of quaternary nitrogens is 1. The van der Waals surface area contributed by atoms with Crippen molar-refractivity contribution in [1.29, 1.82) is 0 Å². The number of rotatable bonds is 5. The minimum atomic E-state index is -2.76. The summed E-state index contributed by atoms with van der Waals surface area (Å²) in [5.41, 5.74) is 1.22. The minimum Gasteiger partial charge on any atom is -0.497 e. The van der Waals surface area contributed by atoms with Gasteiger partial charge in [-0.05, 0) is 74.3 Å². The molecule has 1 aliphatic heterocycles. The third-order valence-corrected chi connectivity index (χ3v) is 9.73. The number of piperazine rings is 1. The highest BCUT2D eigenvalue weighted by Gasteiger charge is 2.52. The molecule has 3 heterocycles. The molecule has 0 radical (unpaired) electrons. The Kier molecular flexibility index (Phi) is 5.87. The number of aromatic nitrogens is 3. The molecule has 2 aromatic heterocycles. The Morgan fingerprint density at radius 1 is 1.03 bits per heavy atom. The molecule has 1 aromatic carbocycles. The van der Waals surface area contributed by atoms with E-state index < -0.39 is 6.43 Å². The van der Waals surface area contributed by atoms with Crippen LogP contribution in [0.3, 0.4) is 0 Å². The van der Waals surface area contributed by atoms with Gasteiger partial charge >= 0.3 is 0 Å². The Hall–Kier alpha value is -3.07. The minimum absolute atomic E-state index is 0.175. The van der Waals surface area contributed by atoms with Crippen molar-refractivity contribution in [2.75, 3.05) is 33.3 Å². The van der Waals surface area contributed by atoms with Gasteiger partial charge in [0.15, 0.2) is 5.65 Å². The van der Waals surface area contributed by atoms with Gasteiger partial charge in [0.1, 0.15) is 17.0 Å². The molecule has 1 amide bonds. The van der Waals surface area contributed by atoms with Gasteiger partial charge in [0.2, 0.25) is 0 Å². The van der Waals surface area contributed by atoms with E-state index in [0.717, 1.165) is 47.3 Å². The Morgan fingerprint density at radius 3 is 2.29 bits per heavy atom. The summed E-state index contributed by atoms with van der Waals surface area (Å²) in [6, 6.07) is 9.16. The molecule has 38 heavy (non-hydrogen) atoms. The van der Waals surface area contributed by atoms with Crippen molar-refractivity contribution in [3.63, 3.8) is 0 Å². The van der Waals surface area contributed by atoms with Crippen LogP contribution in [0.2, 0.25) is 0 Å². The van der Waals surface area contributed by atoms with E-state index in [1.54, 1.807) is 36.3 Å². The number of hydrogen-bond acceptors (Lipinski definition) is 4. The van der Waals surface area contributed by atoms with Crippen molar-refractivity contribution >= 4 is 11.6 Å². The van der Waals surface area contributed by atoms with E-state index in [4.69, 9.17) is 4.74 Å². The van der Waals surface area contributed by atoms with Crippen LogP contribution in [0, 0.1) is 23.7 Å². The van der Waals surface area contributed by atoms with Gasteiger partial charge in [-0.25, -0.2) is 18.3 Å². The number of alkyl halides is 2. The third kappa shape index (κ3) is 3.97.